The summed E-state index contributed by atoms with van der Waals surface area (Å²) in [6, 6.07) is 10.4. The second kappa shape index (κ2) is 8.66. The molecule has 0 aromatic heterocycles. The molecule has 2 aliphatic rings. The molecule has 1 heterocycles. The first-order chi connectivity index (χ1) is 14.3. The number of carbonyl (C=O) groups is 4. The Hall–Kier alpha value is -3.21. The average molecular weight is 410 g/mol. The summed E-state index contributed by atoms with van der Waals surface area (Å²) in [5.41, 5.74) is 3.77. The van der Waals surface area contributed by atoms with Crippen LogP contribution in [-0.2, 0) is 19.2 Å². The number of anilines is 1. The molecule has 30 heavy (non-hydrogen) atoms. The Balaban J connectivity index is 1.67. The molecule has 8 nitrogen and oxygen atoms in total. The van der Waals surface area contributed by atoms with Crippen molar-refractivity contribution >= 4 is 29.3 Å². The van der Waals surface area contributed by atoms with Gasteiger partial charge in [0.05, 0.1) is 24.6 Å². The molecule has 2 fully saturated rings. The largest absolute Gasteiger partial charge is 0.369 e. The zero-order valence-electron chi connectivity index (χ0n) is 16.9. The molecule has 0 bridgehead atoms. The van der Waals surface area contributed by atoms with Gasteiger partial charge in [0, 0.05) is 11.8 Å². The van der Waals surface area contributed by atoms with Gasteiger partial charge in [0.15, 0.2) is 0 Å². The third kappa shape index (κ3) is 4.35. The lowest BCUT2D eigenvalue weighted by molar-refractivity contribution is -0.132. The minimum Gasteiger partial charge on any atom is -0.369 e. The number of amides is 4. The van der Waals surface area contributed by atoms with Gasteiger partial charge in [-0.05, 0) is 31.4 Å². The SMILES string of the molecule is N#CC1(NC(=O)CCC2(C(N)=O)CCCCC2)CC(=O)N(c2ccccc2)C(=O)C1. The number of nitrogens with two attached hydrogens (primary N) is 1. The van der Waals surface area contributed by atoms with Gasteiger partial charge in [-0.25, -0.2) is 0 Å². The van der Waals surface area contributed by atoms with Crippen LogP contribution in [-0.4, -0.2) is 29.2 Å². The summed E-state index contributed by atoms with van der Waals surface area (Å²) >= 11 is 0. The van der Waals surface area contributed by atoms with Gasteiger partial charge >= 0.3 is 0 Å². The first-order valence-corrected chi connectivity index (χ1v) is 10.2. The molecule has 0 radical (unpaired) electrons. The fraction of sp³-hybridized carbons (Fsp3) is 0.500. The molecule has 1 saturated heterocycles. The summed E-state index contributed by atoms with van der Waals surface area (Å²) in [7, 11) is 0. The molecule has 1 aromatic carbocycles. The summed E-state index contributed by atoms with van der Waals surface area (Å²) in [5, 5.41) is 12.3. The lowest BCUT2D eigenvalue weighted by Gasteiger charge is -2.37. The van der Waals surface area contributed by atoms with Crippen LogP contribution < -0.4 is 16.0 Å². The quantitative estimate of drug-likeness (QED) is 0.691. The van der Waals surface area contributed by atoms with Gasteiger partial charge in [0.2, 0.25) is 23.6 Å². The highest BCUT2D eigenvalue weighted by Crippen LogP contribution is 2.40. The van der Waals surface area contributed by atoms with Gasteiger partial charge in [-0.1, -0.05) is 37.5 Å². The van der Waals surface area contributed by atoms with Crippen LogP contribution in [0.3, 0.4) is 0 Å². The van der Waals surface area contributed by atoms with Crippen LogP contribution in [0.25, 0.3) is 0 Å². The molecule has 1 aromatic rings. The smallest absolute Gasteiger partial charge is 0.237 e. The third-order valence-corrected chi connectivity index (χ3v) is 6.18. The summed E-state index contributed by atoms with van der Waals surface area (Å²) in [6.07, 6.45) is 3.86. The van der Waals surface area contributed by atoms with Crippen molar-refractivity contribution in [1.82, 2.24) is 5.32 Å². The number of primary amides is 1. The Morgan fingerprint density at radius 1 is 1.07 bits per heavy atom. The second-order valence-corrected chi connectivity index (χ2v) is 8.26. The average Bonchev–Trinajstić information content (AvgIpc) is 2.73. The number of hydrogen-bond acceptors (Lipinski definition) is 5. The maximum Gasteiger partial charge on any atom is 0.237 e. The van der Waals surface area contributed by atoms with Gasteiger partial charge < -0.3 is 11.1 Å². The lowest BCUT2D eigenvalue weighted by Crippen LogP contribution is -2.59. The van der Waals surface area contributed by atoms with Gasteiger partial charge in [-0.3, -0.25) is 24.1 Å². The molecule has 1 aliphatic heterocycles. The number of nitrogens with zero attached hydrogens (tertiary/aromatic N) is 2. The van der Waals surface area contributed by atoms with Gasteiger partial charge in [0.25, 0.3) is 0 Å². The second-order valence-electron chi connectivity index (χ2n) is 8.26. The minimum absolute atomic E-state index is 0.0111. The molecule has 4 amide bonds. The van der Waals surface area contributed by atoms with Crippen molar-refractivity contribution in [2.45, 2.75) is 63.3 Å². The van der Waals surface area contributed by atoms with E-state index < -0.39 is 34.6 Å². The normalized spacial score (nSPS) is 20.3. The molecule has 8 heteroatoms. The van der Waals surface area contributed by atoms with E-state index in [1.165, 1.54) is 0 Å². The molecule has 1 aliphatic carbocycles. The van der Waals surface area contributed by atoms with Crippen molar-refractivity contribution < 1.29 is 19.2 Å². The van der Waals surface area contributed by atoms with Gasteiger partial charge in [-0.2, -0.15) is 5.26 Å². The molecular formula is C22H26N4O4. The summed E-state index contributed by atoms with van der Waals surface area (Å²) in [4.78, 5) is 50.9. The van der Waals surface area contributed by atoms with E-state index >= 15 is 0 Å². The maximum atomic E-state index is 12.6. The molecule has 0 atom stereocenters. The maximum absolute atomic E-state index is 12.6. The van der Waals surface area contributed by atoms with Crippen molar-refractivity contribution in [1.29, 1.82) is 5.26 Å². The van der Waals surface area contributed by atoms with Crippen molar-refractivity contribution in [3.8, 4) is 6.07 Å². The number of rotatable bonds is 6. The predicted octanol–water partition coefficient (Wildman–Crippen LogP) is 1.93. The van der Waals surface area contributed by atoms with E-state index in [9.17, 15) is 24.4 Å². The highest BCUT2D eigenvalue weighted by Gasteiger charge is 2.46. The number of imide groups is 1. The molecular weight excluding hydrogens is 384 g/mol. The van der Waals surface area contributed by atoms with Crippen molar-refractivity contribution in [3.05, 3.63) is 30.3 Å². The van der Waals surface area contributed by atoms with E-state index in [-0.39, 0.29) is 19.3 Å². The highest BCUT2D eigenvalue weighted by molar-refractivity contribution is 6.18. The fourth-order valence-electron chi connectivity index (χ4n) is 4.47. The summed E-state index contributed by atoms with van der Waals surface area (Å²) < 4.78 is 0. The van der Waals surface area contributed by atoms with Crippen LogP contribution in [0.2, 0.25) is 0 Å². The third-order valence-electron chi connectivity index (χ3n) is 6.18. The molecule has 3 rings (SSSR count). The Bertz CT molecular complexity index is 866. The van der Waals surface area contributed by atoms with Crippen LogP contribution in [0.15, 0.2) is 30.3 Å². The molecule has 1 saturated carbocycles. The van der Waals surface area contributed by atoms with Crippen molar-refractivity contribution in [2.75, 3.05) is 4.90 Å². The number of piperidine rings is 1. The monoisotopic (exact) mass is 410 g/mol. The van der Waals surface area contributed by atoms with Crippen LogP contribution >= 0.6 is 0 Å². The van der Waals surface area contributed by atoms with Crippen LogP contribution in [0, 0.1) is 16.7 Å². The molecule has 3 N–H and O–H groups in total. The number of para-hydroxylation sites is 1. The number of carbonyl (C=O) groups excluding carboxylic acids is 4. The van der Waals surface area contributed by atoms with Crippen LogP contribution in [0.5, 0.6) is 0 Å². The highest BCUT2D eigenvalue weighted by atomic mass is 16.2. The Kier molecular flexibility index (Phi) is 6.20. The van der Waals surface area contributed by atoms with Crippen molar-refractivity contribution in [3.63, 3.8) is 0 Å². The lowest BCUT2D eigenvalue weighted by atomic mass is 9.70. The topological polar surface area (TPSA) is 133 Å². The van der Waals surface area contributed by atoms with E-state index in [0.717, 1.165) is 24.2 Å². The van der Waals surface area contributed by atoms with Crippen LogP contribution in [0.4, 0.5) is 5.69 Å². The number of nitriles is 1. The molecule has 158 valence electrons. The Morgan fingerprint density at radius 3 is 2.20 bits per heavy atom. The van der Waals surface area contributed by atoms with Crippen molar-refractivity contribution in [2.24, 2.45) is 11.1 Å². The van der Waals surface area contributed by atoms with E-state index in [1.54, 1.807) is 30.3 Å². The predicted molar refractivity (Wildman–Crippen MR) is 109 cm³/mol. The number of benzene rings is 1. The van der Waals surface area contributed by atoms with E-state index in [4.69, 9.17) is 5.73 Å². The minimum atomic E-state index is -1.58. The zero-order valence-corrected chi connectivity index (χ0v) is 16.9. The molecule has 0 unspecified atom stereocenters. The summed E-state index contributed by atoms with van der Waals surface area (Å²) in [5.74, 6) is -1.94. The summed E-state index contributed by atoms with van der Waals surface area (Å²) in [6.45, 7) is 0. The Morgan fingerprint density at radius 2 is 1.67 bits per heavy atom. The van der Waals surface area contributed by atoms with E-state index in [1.807, 2.05) is 6.07 Å². The number of nitrogens with one attached hydrogen (secondary N) is 1. The molecule has 0 spiro atoms. The first-order valence-electron chi connectivity index (χ1n) is 10.2. The van der Waals surface area contributed by atoms with Gasteiger partial charge in [-0.15, -0.1) is 0 Å². The standard InChI is InChI=1S/C22H26N4O4/c23-15-22(13-18(28)26(19(29)14-22)16-7-3-1-4-8-16)25-17(27)9-12-21(20(24)30)10-5-2-6-11-21/h1,3-4,7-8H,2,5-6,9-14H2,(H2,24,30)(H,25,27). The Labute approximate surface area is 175 Å². The van der Waals surface area contributed by atoms with E-state index in [0.29, 0.717) is 24.9 Å². The number of hydrogen-bond donors (Lipinski definition) is 2. The first kappa shape index (κ1) is 21.5. The zero-order chi connectivity index (χ0) is 21.8. The fourth-order valence-corrected chi connectivity index (χ4v) is 4.47. The van der Waals surface area contributed by atoms with Crippen LogP contribution in [0.1, 0.15) is 57.8 Å². The van der Waals surface area contributed by atoms with Gasteiger partial charge in [0.1, 0.15) is 5.54 Å². The van der Waals surface area contributed by atoms with E-state index in [2.05, 4.69) is 5.32 Å².